The van der Waals surface area contributed by atoms with E-state index < -0.39 is 13.5 Å². The van der Waals surface area contributed by atoms with E-state index in [0.29, 0.717) is 11.6 Å². The van der Waals surface area contributed by atoms with Crippen LogP contribution in [0.4, 0.5) is 0 Å². The Kier molecular flexibility index (Phi) is 7.72. The highest BCUT2D eigenvalue weighted by Crippen LogP contribution is 2.44. The minimum Gasteiger partial charge on any atom is -0.391 e. The summed E-state index contributed by atoms with van der Waals surface area (Å²) >= 11 is 8.14. The summed E-state index contributed by atoms with van der Waals surface area (Å²) in [7, 11) is -3.41. The van der Waals surface area contributed by atoms with E-state index in [1.807, 2.05) is 48.5 Å². The van der Waals surface area contributed by atoms with Gasteiger partial charge in [-0.3, -0.25) is 4.57 Å². The minimum atomic E-state index is -3.41. The van der Waals surface area contributed by atoms with E-state index in [-0.39, 0.29) is 18.9 Å². The predicted octanol–water partition coefficient (Wildman–Crippen LogP) is 3.87. The maximum absolute atomic E-state index is 12.3. The third-order valence-corrected chi connectivity index (χ3v) is 6.85. The molecule has 2 aromatic rings. The Morgan fingerprint density at radius 1 is 1.17 bits per heavy atom. The van der Waals surface area contributed by atoms with E-state index in [2.05, 4.69) is 27.9 Å². The van der Waals surface area contributed by atoms with Crippen molar-refractivity contribution in [3.05, 3.63) is 68.3 Å². The van der Waals surface area contributed by atoms with Gasteiger partial charge < -0.3 is 15.3 Å². The molecule has 0 spiro atoms. The van der Waals surface area contributed by atoms with Crippen LogP contribution >= 0.6 is 41.6 Å². The van der Waals surface area contributed by atoms with Crippen LogP contribution < -0.4 is 5.32 Å². The van der Waals surface area contributed by atoms with Crippen LogP contribution in [0.15, 0.2) is 48.5 Å². The fraction of sp³-hybridized carbons (Fsp3) is 0.294. The lowest BCUT2D eigenvalue weighted by Crippen LogP contribution is -2.29. The molecule has 7 heteroatoms. The first-order valence-corrected chi connectivity index (χ1v) is 11.0. The molecule has 3 N–H and O–H groups in total. The molecule has 0 radical (unpaired) electrons. The van der Waals surface area contributed by atoms with Gasteiger partial charge in [0.15, 0.2) is 0 Å². The van der Waals surface area contributed by atoms with Gasteiger partial charge >= 0.3 is 0 Å². The zero-order valence-corrected chi connectivity index (χ0v) is 16.8. The van der Waals surface area contributed by atoms with Gasteiger partial charge in [0.1, 0.15) is 0 Å². The zero-order valence-electron chi connectivity index (χ0n) is 13.0. The second kappa shape index (κ2) is 9.32. The third kappa shape index (κ3) is 6.82. The van der Waals surface area contributed by atoms with Gasteiger partial charge in [-0.25, -0.2) is 0 Å². The summed E-state index contributed by atoms with van der Waals surface area (Å²) in [6.45, 7) is 0.831. The quantitative estimate of drug-likeness (QED) is 0.397. The molecule has 0 bridgehead atoms. The first kappa shape index (κ1) is 19.9. The number of nitrogens with one attached hydrogen (secondary N) is 1. The Balaban J connectivity index is 1.78. The van der Waals surface area contributed by atoms with Crippen molar-refractivity contribution < 1.29 is 14.6 Å². The van der Waals surface area contributed by atoms with Gasteiger partial charge in [-0.05, 0) is 45.9 Å². The zero-order chi connectivity index (χ0) is 17.6. The molecule has 2 rings (SSSR count). The molecule has 0 saturated heterocycles. The molecule has 4 nitrogen and oxygen atoms in total. The number of benzene rings is 2. The van der Waals surface area contributed by atoms with E-state index in [1.165, 1.54) is 0 Å². The Hall–Kier alpha value is -0.430. The topological polar surface area (TPSA) is 69.6 Å². The average Bonchev–Trinajstić information content (AvgIpc) is 2.50. The van der Waals surface area contributed by atoms with Crippen molar-refractivity contribution in [2.24, 2.45) is 0 Å². The van der Waals surface area contributed by atoms with Crippen molar-refractivity contribution in [1.82, 2.24) is 5.32 Å². The molecule has 2 atom stereocenters. The molecule has 0 heterocycles. The third-order valence-electron chi connectivity index (χ3n) is 3.46. The lowest BCUT2D eigenvalue weighted by Gasteiger charge is -2.17. The molecular weight excluding hydrogens is 460 g/mol. The number of aliphatic hydroxyl groups is 1. The molecule has 0 saturated carbocycles. The van der Waals surface area contributed by atoms with Gasteiger partial charge in [0.25, 0.3) is 0 Å². The van der Waals surface area contributed by atoms with Crippen LogP contribution in [-0.2, 0) is 17.3 Å². The number of rotatable bonds is 8. The molecule has 0 aromatic heterocycles. The SMILES string of the molecule is O=P(O)(Cc1ccccc1)C[C@@H](O)CNCc1ccc(Cl)c(I)c1. The number of hydrogen-bond donors (Lipinski definition) is 3. The van der Waals surface area contributed by atoms with Gasteiger partial charge in [0, 0.05) is 22.8 Å². The largest absolute Gasteiger partial charge is 0.391 e. The smallest absolute Gasteiger partial charge is 0.207 e. The summed E-state index contributed by atoms with van der Waals surface area (Å²) in [4.78, 5) is 10.1. The van der Waals surface area contributed by atoms with E-state index in [9.17, 15) is 14.6 Å². The van der Waals surface area contributed by atoms with Crippen molar-refractivity contribution >= 4 is 41.6 Å². The van der Waals surface area contributed by atoms with Gasteiger partial charge in [-0.2, -0.15) is 0 Å². The lowest BCUT2D eigenvalue weighted by atomic mass is 10.2. The average molecular weight is 480 g/mol. The lowest BCUT2D eigenvalue weighted by molar-refractivity contribution is 0.190. The monoisotopic (exact) mass is 479 g/mol. The molecule has 0 aliphatic heterocycles. The van der Waals surface area contributed by atoms with Crippen LogP contribution in [0, 0.1) is 3.57 Å². The van der Waals surface area contributed by atoms with E-state index >= 15 is 0 Å². The molecular formula is C17H20ClINO3P. The number of hydrogen-bond acceptors (Lipinski definition) is 3. The molecule has 0 fully saturated rings. The first-order valence-electron chi connectivity index (χ1n) is 7.53. The van der Waals surface area contributed by atoms with Crippen LogP contribution in [0.5, 0.6) is 0 Å². The number of aliphatic hydroxyl groups excluding tert-OH is 1. The molecule has 0 aliphatic rings. The van der Waals surface area contributed by atoms with Gasteiger partial charge in [0.05, 0.1) is 17.3 Å². The van der Waals surface area contributed by atoms with Crippen molar-refractivity contribution in [3.63, 3.8) is 0 Å². The number of halogens is 2. The van der Waals surface area contributed by atoms with Crippen molar-refractivity contribution in [3.8, 4) is 0 Å². The summed E-state index contributed by atoms with van der Waals surface area (Å²) in [5.74, 6) is 0. The Morgan fingerprint density at radius 3 is 2.54 bits per heavy atom. The van der Waals surface area contributed by atoms with E-state index in [4.69, 9.17) is 11.6 Å². The first-order chi connectivity index (χ1) is 11.4. The van der Waals surface area contributed by atoms with Gasteiger partial charge in [0.2, 0.25) is 7.37 Å². The van der Waals surface area contributed by atoms with Gasteiger partial charge in [-0.1, -0.05) is 48.0 Å². The fourth-order valence-electron chi connectivity index (χ4n) is 2.36. The fourth-order valence-corrected chi connectivity index (χ4v) is 4.76. The van der Waals surface area contributed by atoms with Crippen molar-refractivity contribution in [2.45, 2.75) is 18.8 Å². The van der Waals surface area contributed by atoms with Crippen LogP contribution in [0.25, 0.3) is 0 Å². The van der Waals surface area contributed by atoms with Crippen LogP contribution in [0.2, 0.25) is 5.02 Å². The summed E-state index contributed by atoms with van der Waals surface area (Å²) in [5, 5.41) is 13.8. The predicted molar refractivity (Wildman–Crippen MR) is 107 cm³/mol. The van der Waals surface area contributed by atoms with Crippen LogP contribution in [-0.4, -0.2) is 28.8 Å². The molecule has 1 unspecified atom stereocenters. The van der Waals surface area contributed by atoms with E-state index in [1.54, 1.807) is 0 Å². The normalized spacial score (nSPS) is 15.0. The summed E-state index contributed by atoms with van der Waals surface area (Å²) in [5.41, 5.74) is 1.85. The highest BCUT2D eigenvalue weighted by Gasteiger charge is 2.23. The summed E-state index contributed by atoms with van der Waals surface area (Å²) in [6.07, 6.45) is -0.899. The minimum absolute atomic E-state index is 0.0836. The summed E-state index contributed by atoms with van der Waals surface area (Å²) in [6, 6.07) is 14.9. The highest BCUT2D eigenvalue weighted by molar-refractivity contribution is 14.1. The Bertz CT molecular complexity index is 714. The standard InChI is InChI=1S/C17H20ClINO3P/c18-16-7-6-14(8-17(16)19)9-20-10-15(21)12-24(22,23)11-13-4-2-1-3-5-13/h1-8,15,20-21H,9-12H2,(H,22,23)/t15-/m0/s1. The Morgan fingerprint density at radius 2 is 1.88 bits per heavy atom. The second-order valence-corrected chi connectivity index (χ2v) is 9.65. The highest BCUT2D eigenvalue weighted by atomic mass is 127. The second-order valence-electron chi connectivity index (χ2n) is 5.71. The molecule has 2 aromatic carbocycles. The van der Waals surface area contributed by atoms with Crippen LogP contribution in [0.1, 0.15) is 11.1 Å². The molecule has 0 amide bonds. The Labute approximate surface area is 160 Å². The van der Waals surface area contributed by atoms with E-state index in [0.717, 1.165) is 14.7 Å². The summed E-state index contributed by atoms with van der Waals surface area (Å²) < 4.78 is 13.2. The van der Waals surface area contributed by atoms with Crippen molar-refractivity contribution in [2.75, 3.05) is 12.7 Å². The molecule has 24 heavy (non-hydrogen) atoms. The molecule has 0 aliphatic carbocycles. The van der Waals surface area contributed by atoms with Crippen molar-refractivity contribution in [1.29, 1.82) is 0 Å². The van der Waals surface area contributed by atoms with Crippen LogP contribution in [0.3, 0.4) is 0 Å². The molecule has 130 valence electrons. The maximum atomic E-state index is 12.3. The van der Waals surface area contributed by atoms with Gasteiger partial charge in [-0.15, -0.1) is 0 Å². The maximum Gasteiger partial charge on any atom is 0.207 e.